The highest BCUT2D eigenvalue weighted by molar-refractivity contribution is 7.20. The molecular formula is C15H9Cl2NO2S. The van der Waals surface area contributed by atoms with E-state index in [-0.39, 0.29) is 5.56 Å². The van der Waals surface area contributed by atoms with Crippen molar-refractivity contribution in [3.8, 4) is 11.3 Å². The van der Waals surface area contributed by atoms with Crippen LogP contribution in [-0.4, -0.2) is 16.1 Å². The predicted octanol–water partition coefficient (Wildman–Crippen LogP) is 5.28. The van der Waals surface area contributed by atoms with Crippen LogP contribution in [0, 0.1) is 6.92 Å². The average molecular weight is 338 g/mol. The summed E-state index contributed by atoms with van der Waals surface area (Å²) in [6.07, 6.45) is 0. The molecule has 21 heavy (non-hydrogen) atoms. The first-order chi connectivity index (χ1) is 9.97. The summed E-state index contributed by atoms with van der Waals surface area (Å²) >= 11 is 13.3. The summed E-state index contributed by atoms with van der Waals surface area (Å²) in [6, 6.07) is 8.71. The summed E-state index contributed by atoms with van der Waals surface area (Å²) < 4.78 is 1.04. The minimum Gasteiger partial charge on any atom is -0.478 e. The number of aromatic carboxylic acids is 1. The third-order valence-electron chi connectivity index (χ3n) is 3.20. The molecule has 2 aromatic heterocycles. The van der Waals surface area contributed by atoms with Gasteiger partial charge in [0, 0.05) is 10.9 Å². The Morgan fingerprint density at radius 1 is 1.29 bits per heavy atom. The minimum absolute atomic E-state index is 0.206. The number of hydrogen-bond donors (Lipinski definition) is 1. The Bertz CT molecular complexity index is 873. The third-order valence-corrected chi connectivity index (χ3v) is 4.69. The molecule has 0 spiro atoms. The number of aryl methyl sites for hydroxylation is 1. The van der Waals surface area contributed by atoms with E-state index in [9.17, 15) is 9.90 Å². The minimum atomic E-state index is -0.994. The topological polar surface area (TPSA) is 50.2 Å². The van der Waals surface area contributed by atoms with Gasteiger partial charge in [-0.15, -0.1) is 11.3 Å². The number of carboxylic acids is 1. The fourth-order valence-corrected chi connectivity index (χ4v) is 3.70. The van der Waals surface area contributed by atoms with Gasteiger partial charge >= 0.3 is 5.97 Å². The van der Waals surface area contributed by atoms with Crippen molar-refractivity contribution in [2.45, 2.75) is 6.92 Å². The van der Waals surface area contributed by atoms with Crippen molar-refractivity contribution in [3.05, 3.63) is 50.1 Å². The fourth-order valence-electron chi connectivity index (χ4n) is 2.22. The fraction of sp³-hybridized carbons (Fsp3) is 0.0667. The number of fused-ring (bicyclic) bond motifs is 1. The van der Waals surface area contributed by atoms with Crippen molar-refractivity contribution in [3.63, 3.8) is 0 Å². The molecule has 0 saturated carbocycles. The first kappa shape index (κ1) is 14.3. The van der Waals surface area contributed by atoms with Crippen LogP contribution in [0.2, 0.25) is 8.67 Å². The van der Waals surface area contributed by atoms with Crippen LogP contribution in [0.4, 0.5) is 0 Å². The molecule has 3 aromatic rings. The molecule has 1 aromatic carbocycles. The highest BCUT2D eigenvalue weighted by Gasteiger charge is 2.16. The molecule has 0 fully saturated rings. The number of halogens is 2. The van der Waals surface area contributed by atoms with Gasteiger partial charge in [-0.3, -0.25) is 0 Å². The van der Waals surface area contributed by atoms with E-state index in [4.69, 9.17) is 23.2 Å². The van der Waals surface area contributed by atoms with Gasteiger partial charge in [0.05, 0.1) is 21.1 Å². The molecule has 0 amide bonds. The van der Waals surface area contributed by atoms with Gasteiger partial charge in [0.1, 0.15) is 4.34 Å². The van der Waals surface area contributed by atoms with Crippen LogP contribution in [0.5, 0.6) is 0 Å². The number of thiophene rings is 1. The Balaban J connectivity index is 2.37. The molecule has 2 heterocycles. The molecular weight excluding hydrogens is 329 g/mol. The zero-order valence-corrected chi connectivity index (χ0v) is 13.2. The first-order valence-electron chi connectivity index (χ1n) is 6.06. The molecule has 106 valence electrons. The normalized spacial score (nSPS) is 11.0. The van der Waals surface area contributed by atoms with Crippen LogP contribution in [0.3, 0.4) is 0 Å². The summed E-state index contributed by atoms with van der Waals surface area (Å²) in [5.41, 5.74) is 2.94. The lowest BCUT2D eigenvalue weighted by atomic mass is 10.0. The van der Waals surface area contributed by atoms with Crippen LogP contribution < -0.4 is 0 Å². The van der Waals surface area contributed by atoms with E-state index in [1.807, 2.05) is 19.1 Å². The largest absolute Gasteiger partial charge is 0.478 e. The Morgan fingerprint density at radius 3 is 2.67 bits per heavy atom. The number of benzene rings is 1. The van der Waals surface area contributed by atoms with Gasteiger partial charge in [-0.25, -0.2) is 9.78 Å². The van der Waals surface area contributed by atoms with E-state index in [1.54, 1.807) is 12.1 Å². The van der Waals surface area contributed by atoms with Crippen molar-refractivity contribution in [1.82, 2.24) is 4.98 Å². The molecule has 3 nitrogen and oxygen atoms in total. The molecule has 0 bridgehead atoms. The lowest BCUT2D eigenvalue weighted by Crippen LogP contribution is -2.01. The second kappa shape index (κ2) is 5.30. The summed E-state index contributed by atoms with van der Waals surface area (Å²) in [5, 5.41) is 10.0. The van der Waals surface area contributed by atoms with E-state index < -0.39 is 5.97 Å². The highest BCUT2D eigenvalue weighted by Crippen LogP contribution is 2.38. The average Bonchev–Trinajstić information content (AvgIpc) is 2.77. The monoisotopic (exact) mass is 337 g/mol. The maximum Gasteiger partial charge on any atom is 0.336 e. The molecule has 0 aliphatic carbocycles. The number of rotatable bonds is 2. The Hall–Kier alpha value is -1.62. The maximum absolute atomic E-state index is 11.5. The van der Waals surface area contributed by atoms with Crippen molar-refractivity contribution < 1.29 is 9.90 Å². The van der Waals surface area contributed by atoms with E-state index in [0.29, 0.717) is 30.8 Å². The zero-order valence-electron chi connectivity index (χ0n) is 10.9. The second-order valence-electron chi connectivity index (χ2n) is 4.57. The van der Waals surface area contributed by atoms with E-state index in [2.05, 4.69) is 4.98 Å². The highest BCUT2D eigenvalue weighted by atomic mass is 35.5. The van der Waals surface area contributed by atoms with Gasteiger partial charge in [-0.05, 0) is 24.6 Å². The molecule has 0 radical (unpaired) electrons. The summed E-state index contributed by atoms with van der Waals surface area (Å²) in [7, 11) is 0. The van der Waals surface area contributed by atoms with Crippen molar-refractivity contribution in [2.24, 2.45) is 0 Å². The smallest absolute Gasteiger partial charge is 0.336 e. The molecule has 6 heteroatoms. The number of nitrogens with zero attached hydrogens (tertiary/aromatic N) is 1. The van der Waals surface area contributed by atoms with Gasteiger partial charge in [0.25, 0.3) is 0 Å². The SMILES string of the molecule is Cc1cccc2c(C(=O)O)cc(-c3cc(Cl)sc3Cl)nc12. The lowest BCUT2D eigenvalue weighted by Gasteiger charge is -2.08. The number of aromatic nitrogens is 1. The lowest BCUT2D eigenvalue weighted by molar-refractivity contribution is 0.0699. The third kappa shape index (κ3) is 2.50. The summed E-state index contributed by atoms with van der Waals surface area (Å²) in [6.45, 7) is 1.90. The summed E-state index contributed by atoms with van der Waals surface area (Å²) in [5.74, 6) is -0.994. The van der Waals surface area contributed by atoms with E-state index in [0.717, 1.165) is 5.56 Å². The molecule has 0 saturated heterocycles. The Labute approximate surface area is 134 Å². The molecule has 3 rings (SSSR count). The molecule has 0 atom stereocenters. The number of pyridine rings is 1. The van der Waals surface area contributed by atoms with E-state index in [1.165, 1.54) is 17.4 Å². The first-order valence-corrected chi connectivity index (χ1v) is 7.63. The maximum atomic E-state index is 11.5. The van der Waals surface area contributed by atoms with Crippen LogP contribution >= 0.6 is 34.5 Å². The Morgan fingerprint density at radius 2 is 2.05 bits per heavy atom. The van der Waals surface area contributed by atoms with Crippen molar-refractivity contribution in [2.75, 3.05) is 0 Å². The zero-order chi connectivity index (χ0) is 15.1. The molecule has 0 aliphatic rings. The van der Waals surface area contributed by atoms with Crippen LogP contribution in [0.15, 0.2) is 30.3 Å². The van der Waals surface area contributed by atoms with Crippen LogP contribution in [0.1, 0.15) is 15.9 Å². The Kier molecular flexibility index (Phi) is 3.61. The number of para-hydroxylation sites is 1. The van der Waals surface area contributed by atoms with Crippen molar-refractivity contribution in [1.29, 1.82) is 0 Å². The summed E-state index contributed by atoms with van der Waals surface area (Å²) in [4.78, 5) is 16.1. The quantitative estimate of drug-likeness (QED) is 0.692. The van der Waals surface area contributed by atoms with Gasteiger partial charge < -0.3 is 5.11 Å². The predicted molar refractivity (Wildman–Crippen MR) is 86.8 cm³/mol. The molecule has 0 aliphatic heterocycles. The second-order valence-corrected chi connectivity index (χ2v) is 6.85. The molecule has 0 unspecified atom stereocenters. The van der Waals surface area contributed by atoms with Crippen molar-refractivity contribution >= 4 is 51.4 Å². The number of carbonyl (C=O) groups is 1. The molecule has 1 N–H and O–H groups in total. The van der Waals surface area contributed by atoms with Gasteiger partial charge in [0.15, 0.2) is 0 Å². The number of hydrogen-bond acceptors (Lipinski definition) is 3. The van der Waals surface area contributed by atoms with Gasteiger partial charge in [-0.2, -0.15) is 0 Å². The van der Waals surface area contributed by atoms with Gasteiger partial charge in [-0.1, -0.05) is 41.4 Å². The number of carboxylic acid groups (broad SMARTS) is 1. The van der Waals surface area contributed by atoms with Crippen LogP contribution in [0.25, 0.3) is 22.2 Å². The van der Waals surface area contributed by atoms with Gasteiger partial charge in [0.2, 0.25) is 0 Å². The van der Waals surface area contributed by atoms with E-state index >= 15 is 0 Å². The van der Waals surface area contributed by atoms with Crippen LogP contribution in [-0.2, 0) is 0 Å². The standard InChI is InChI=1S/C15H9Cl2NO2S/c1-7-3-2-4-8-9(15(19)20)5-11(18-13(7)8)10-6-12(16)21-14(10)17/h2-6H,1H3,(H,19,20).